The molecule has 0 amide bonds. The highest BCUT2D eigenvalue weighted by Crippen LogP contribution is 2.21. The molecule has 0 bridgehead atoms. The Morgan fingerprint density at radius 3 is 2.47 bits per heavy atom. The summed E-state index contributed by atoms with van der Waals surface area (Å²) in [5.41, 5.74) is 0. The highest BCUT2D eigenvalue weighted by molar-refractivity contribution is 4.88. The van der Waals surface area contributed by atoms with Crippen LogP contribution >= 0.6 is 0 Å². The van der Waals surface area contributed by atoms with Crippen LogP contribution in [0.25, 0.3) is 0 Å². The fourth-order valence-electron chi connectivity index (χ4n) is 1.39. The van der Waals surface area contributed by atoms with Crippen molar-refractivity contribution in [1.29, 1.82) is 0 Å². The Kier molecular flexibility index (Phi) is 5.18. The van der Waals surface area contributed by atoms with Crippen LogP contribution < -0.4 is 0 Å². The van der Waals surface area contributed by atoms with Crippen molar-refractivity contribution in [3.63, 3.8) is 0 Å². The van der Waals surface area contributed by atoms with Crippen molar-refractivity contribution < 1.29 is 34.8 Å². The van der Waals surface area contributed by atoms with Crippen LogP contribution in [0.3, 0.4) is 0 Å². The number of nitrogens with zero attached hydrogens (tertiary/aromatic N) is 2. The van der Waals surface area contributed by atoms with Gasteiger partial charge in [0.2, 0.25) is 6.73 Å². The molecule has 1 heterocycles. The second-order valence-electron chi connectivity index (χ2n) is 3.60. The third-order valence-corrected chi connectivity index (χ3v) is 2.34. The van der Waals surface area contributed by atoms with Crippen LogP contribution in [0.5, 0.6) is 0 Å². The van der Waals surface area contributed by atoms with E-state index in [4.69, 9.17) is 14.6 Å². The molecule has 9 heteroatoms. The van der Waals surface area contributed by atoms with Crippen molar-refractivity contribution >= 4 is 0 Å². The average Bonchev–Trinajstić information content (AvgIpc) is 2.29. The van der Waals surface area contributed by atoms with Crippen molar-refractivity contribution in [2.45, 2.75) is 30.7 Å². The number of ether oxygens (including phenoxy) is 2. The third-order valence-electron chi connectivity index (χ3n) is 2.34. The standard InChI is InChI=1S/C8H16N2O7/c1-10(15)9-3-16-8-7(14)6(13)5(12)4(2-11)17-8/h4-8,11-14H,2-3H2,1H3/b10-9-. The summed E-state index contributed by atoms with van der Waals surface area (Å²) in [5, 5.41) is 51.0. The first kappa shape index (κ1) is 14.2. The molecule has 1 rings (SSSR count). The molecule has 0 saturated carbocycles. The minimum Gasteiger partial charge on any atom is -0.600 e. The lowest BCUT2D eigenvalue weighted by molar-refractivity contribution is -0.505. The average molecular weight is 252 g/mol. The molecule has 0 aromatic heterocycles. The van der Waals surface area contributed by atoms with E-state index in [0.717, 1.165) is 7.05 Å². The van der Waals surface area contributed by atoms with E-state index in [9.17, 15) is 20.5 Å². The molecule has 1 aliphatic heterocycles. The maximum atomic E-state index is 10.4. The molecule has 0 spiro atoms. The summed E-state index contributed by atoms with van der Waals surface area (Å²) in [4.78, 5) is 0.268. The fraction of sp³-hybridized carbons (Fsp3) is 1.00. The van der Waals surface area contributed by atoms with Gasteiger partial charge in [-0.3, -0.25) is 0 Å². The Hall–Kier alpha value is -0.840. The van der Waals surface area contributed by atoms with Gasteiger partial charge in [-0.25, -0.2) is 0 Å². The van der Waals surface area contributed by atoms with Crippen molar-refractivity contribution in [1.82, 2.24) is 0 Å². The minimum absolute atomic E-state index is 0.268. The Labute approximate surface area is 97.1 Å². The Balaban J connectivity index is 2.56. The summed E-state index contributed by atoms with van der Waals surface area (Å²) >= 11 is 0. The van der Waals surface area contributed by atoms with Gasteiger partial charge < -0.3 is 35.1 Å². The molecular weight excluding hydrogens is 236 g/mol. The lowest BCUT2D eigenvalue weighted by Gasteiger charge is -2.39. The van der Waals surface area contributed by atoms with E-state index in [-0.39, 0.29) is 11.6 Å². The van der Waals surface area contributed by atoms with Gasteiger partial charge in [0.05, 0.1) is 6.61 Å². The molecule has 1 aliphatic rings. The SMILES string of the molecule is C/[N+]([O-])=N/COC1OC(CO)C(O)C(O)C1O. The van der Waals surface area contributed by atoms with E-state index < -0.39 is 37.3 Å². The zero-order valence-electron chi connectivity index (χ0n) is 9.21. The lowest BCUT2D eigenvalue weighted by Crippen LogP contribution is -2.59. The molecule has 4 N–H and O–H groups in total. The molecule has 0 aromatic carbocycles. The summed E-state index contributed by atoms with van der Waals surface area (Å²) in [6, 6.07) is 0. The van der Waals surface area contributed by atoms with Crippen molar-refractivity contribution in [3.05, 3.63) is 5.21 Å². The monoisotopic (exact) mass is 252 g/mol. The molecule has 1 saturated heterocycles. The summed E-state index contributed by atoms with van der Waals surface area (Å²) < 4.78 is 9.89. The number of aliphatic hydroxyl groups is 4. The third kappa shape index (κ3) is 3.56. The smallest absolute Gasteiger partial charge is 0.203 e. The Morgan fingerprint density at radius 1 is 1.29 bits per heavy atom. The number of azo groups is 1. The zero-order chi connectivity index (χ0) is 13.0. The van der Waals surface area contributed by atoms with Crippen molar-refractivity contribution in [2.75, 3.05) is 20.4 Å². The highest BCUT2D eigenvalue weighted by atomic mass is 16.7. The maximum absolute atomic E-state index is 10.4. The summed E-state index contributed by atoms with van der Waals surface area (Å²) in [7, 11) is 1.15. The number of aliphatic hydroxyl groups excluding tert-OH is 4. The summed E-state index contributed by atoms with van der Waals surface area (Å²) in [6.07, 6.45) is -6.73. The fourth-order valence-corrected chi connectivity index (χ4v) is 1.39. The van der Waals surface area contributed by atoms with Gasteiger partial charge >= 0.3 is 0 Å². The molecule has 0 aromatic rings. The first-order valence-corrected chi connectivity index (χ1v) is 4.97. The van der Waals surface area contributed by atoms with Gasteiger partial charge in [-0.15, -0.1) is 0 Å². The van der Waals surface area contributed by atoms with Crippen LogP contribution in [0.15, 0.2) is 5.11 Å². The first-order chi connectivity index (χ1) is 7.97. The summed E-state index contributed by atoms with van der Waals surface area (Å²) in [5.74, 6) is 0. The topological polar surface area (TPSA) is 138 Å². The van der Waals surface area contributed by atoms with Gasteiger partial charge in [-0.05, 0) is 5.11 Å². The van der Waals surface area contributed by atoms with E-state index in [1.807, 2.05) is 0 Å². The number of hydroxylamine groups is 1. The number of hydrogen-bond acceptors (Lipinski definition) is 8. The van der Waals surface area contributed by atoms with Crippen molar-refractivity contribution in [2.24, 2.45) is 5.11 Å². The highest BCUT2D eigenvalue weighted by Gasteiger charge is 2.44. The van der Waals surface area contributed by atoms with Crippen LogP contribution in [0, 0.1) is 5.21 Å². The molecule has 17 heavy (non-hydrogen) atoms. The van der Waals surface area contributed by atoms with E-state index in [1.54, 1.807) is 0 Å². The maximum Gasteiger partial charge on any atom is 0.203 e. The minimum atomic E-state index is -1.50. The van der Waals surface area contributed by atoms with E-state index in [2.05, 4.69) is 5.11 Å². The molecule has 9 nitrogen and oxygen atoms in total. The van der Waals surface area contributed by atoms with Gasteiger partial charge in [-0.2, -0.15) is 0 Å². The van der Waals surface area contributed by atoms with E-state index >= 15 is 0 Å². The lowest BCUT2D eigenvalue weighted by atomic mass is 9.99. The predicted molar refractivity (Wildman–Crippen MR) is 51.7 cm³/mol. The van der Waals surface area contributed by atoms with Gasteiger partial charge in [0.1, 0.15) is 24.4 Å². The van der Waals surface area contributed by atoms with Gasteiger partial charge in [0.25, 0.3) is 0 Å². The zero-order valence-corrected chi connectivity index (χ0v) is 9.21. The molecule has 1 fully saturated rings. The van der Waals surface area contributed by atoms with Crippen LogP contribution in [0.2, 0.25) is 0 Å². The van der Waals surface area contributed by atoms with E-state index in [1.165, 1.54) is 0 Å². The molecular formula is C8H16N2O7. The normalized spacial score (nSPS) is 39.4. The number of hydrogen-bond donors (Lipinski definition) is 4. The van der Waals surface area contributed by atoms with Crippen LogP contribution in [-0.2, 0) is 9.47 Å². The Bertz CT molecular complexity index is 269. The molecule has 100 valence electrons. The quantitative estimate of drug-likeness (QED) is 0.243. The Morgan fingerprint density at radius 2 is 1.94 bits per heavy atom. The number of rotatable bonds is 4. The molecule has 5 unspecified atom stereocenters. The summed E-state index contributed by atoms with van der Waals surface area (Å²) in [6.45, 7) is -0.911. The van der Waals surface area contributed by atoms with Crippen LogP contribution in [-0.4, -0.2) is 76.4 Å². The second kappa shape index (κ2) is 6.19. The molecule has 5 atom stereocenters. The second-order valence-corrected chi connectivity index (χ2v) is 3.60. The largest absolute Gasteiger partial charge is 0.600 e. The molecule has 0 aliphatic carbocycles. The van der Waals surface area contributed by atoms with Crippen LogP contribution in [0.4, 0.5) is 0 Å². The van der Waals surface area contributed by atoms with Crippen molar-refractivity contribution in [3.8, 4) is 0 Å². The van der Waals surface area contributed by atoms with Crippen LogP contribution in [0.1, 0.15) is 0 Å². The molecule has 0 radical (unpaired) electrons. The van der Waals surface area contributed by atoms with E-state index in [0.29, 0.717) is 0 Å². The van der Waals surface area contributed by atoms with Gasteiger partial charge in [0.15, 0.2) is 13.3 Å². The predicted octanol–water partition coefficient (Wildman–Crippen LogP) is -2.65. The van der Waals surface area contributed by atoms with Gasteiger partial charge in [0, 0.05) is 0 Å². The van der Waals surface area contributed by atoms with Gasteiger partial charge in [-0.1, -0.05) is 4.86 Å². The first-order valence-electron chi connectivity index (χ1n) is 4.97.